The Morgan fingerprint density at radius 1 is 1.15 bits per heavy atom. The van der Waals surface area contributed by atoms with Crippen molar-refractivity contribution in [3.63, 3.8) is 0 Å². The van der Waals surface area contributed by atoms with Gasteiger partial charge in [0.05, 0.1) is 0 Å². The average Bonchev–Trinajstić information content (AvgIpc) is 2.65. The molecule has 150 valence electrons. The number of rotatable bonds is 13. The van der Waals surface area contributed by atoms with Crippen LogP contribution < -0.4 is 0 Å². The zero-order chi connectivity index (χ0) is 20.3. The molecule has 0 amide bonds. The van der Waals surface area contributed by atoms with Gasteiger partial charge in [-0.25, -0.2) is 4.79 Å². The molecular weight excluding hydrogens is 367 g/mol. The van der Waals surface area contributed by atoms with E-state index < -0.39 is 25.7 Å². The molecular formula is C20H30O6P+. The van der Waals surface area contributed by atoms with E-state index in [9.17, 15) is 14.2 Å². The molecule has 0 heterocycles. The van der Waals surface area contributed by atoms with Gasteiger partial charge in [-0.1, -0.05) is 55.7 Å². The molecule has 6 nitrogen and oxygen atoms in total. The smallest absolute Gasteiger partial charge is 0.353 e. The average molecular weight is 397 g/mol. The summed E-state index contributed by atoms with van der Waals surface area (Å²) < 4.78 is 23.9. The number of hydrogen-bond donors (Lipinski definition) is 1. The number of benzene rings is 1. The van der Waals surface area contributed by atoms with Gasteiger partial charge in [-0.05, 0) is 18.4 Å². The highest BCUT2D eigenvalue weighted by Gasteiger charge is 2.37. The van der Waals surface area contributed by atoms with Crippen LogP contribution in [-0.4, -0.2) is 41.3 Å². The second-order valence-electron chi connectivity index (χ2n) is 6.43. The number of carbonyl (C=O) groups is 2. The van der Waals surface area contributed by atoms with Crippen molar-refractivity contribution < 1.29 is 28.7 Å². The van der Waals surface area contributed by atoms with Crippen LogP contribution in [0.4, 0.5) is 0 Å². The SMILES string of the molecule is CCC(=O)OC(CC)(CC)OC(CCc1ccccc1)C[P+](=O)CC(=O)O. The number of ether oxygens (including phenoxy) is 2. The maximum atomic E-state index is 12.2. The fourth-order valence-corrected chi connectivity index (χ4v) is 3.91. The Balaban J connectivity index is 2.90. The number of aliphatic carboxylic acids is 1. The Morgan fingerprint density at radius 2 is 1.78 bits per heavy atom. The number of carboxylic acid groups (broad SMARTS) is 1. The number of esters is 1. The maximum absolute atomic E-state index is 12.2. The number of aryl methyl sites for hydroxylation is 1. The van der Waals surface area contributed by atoms with Gasteiger partial charge in [0.15, 0.2) is 6.16 Å². The highest BCUT2D eigenvalue weighted by atomic mass is 31.1. The monoisotopic (exact) mass is 397 g/mol. The number of carbonyl (C=O) groups excluding carboxylic acids is 1. The van der Waals surface area contributed by atoms with Gasteiger partial charge in [-0.3, -0.25) is 4.79 Å². The van der Waals surface area contributed by atoms with E-state index in [1.165, 1.54) is 0 Å². The zero-order valence-corrected chi connectivity index (χ0v) is 17.2. The molecule has 1 aromatic carbocycles. The van der Waals surface area contributed by atoms with Crippen LogP contribution in [0.2, 0.25) is 0 Å². The predicted molar refractivity (Wildman–Crippen MR) is 104 cm³/mol. The van der Waals surface area contributed by atoms with Crippen LogP contribution >= 0.6 is 7.80 Å². The van der Waals surface area contributed by atoms with Crippen molar-refractivity contribution in [2.75, 3.05) is 12.3 Å². The summed E-state index contributed by atoms with van der Waals surface area (Å²) in [7, 11) is -1.94. The molecule has 0 aromatic heterocycles. The minimum absolute atomic E-state index is 0.125. The normalized spacial score (nSPS) is 13.1. The third-order valence-electron chi connectivity index (χ3n) is 4.36. The van der Waals surface area contributed by atoms with Crippen molar-refractivity contribution in [2.45, 2.75) is 64.8 Å². The largest absolute Gasteiger partial charge is 0.478 e. The van der Waals surface area contributed by atoms with Crippen molar-refractivity contribution in [2.24, 2.45) is 0 Å². The van der Waals surface area contributed by atoms with Crippen LogP contribution in [-0.2, 0) is 30.0 Å². The first-order chi connectivity index (χ1) is 12.8. The van der Waals surface area contributed by atoms with E-state index in [1.807, 2.05) is 44.2 Å². The van der Waals surface area contributed by atoms with E-state index in [1.54, 1.807) is 6.92 Å². The van der Waals surface area contributed by atoms with Gasteiger partial charge < -0.3 is 14.6 Å². The molecule has 1 aromatic rings. The second kappa shape index (κ2) is 11.8. The first kappa shape index (κ1) is 23.3. The standard InChI is InChI=1S/C20H29O6P/c1-4-19(23)26-20(5-2,6-3)25-17(14-27(24)15-18(21)22)13-12-16-10-8-7-9-11-16/h7-11,17H,4-6,12-15H2,1-3H3/p+1. The quantitative estimate of drug-likeness (QED) is 0.302. The summed E-state index contributed by atoms with van der Waals surface area (Å²) in [5.41, 5.74) is 1.11. The summed E-state index contributed by atoms with van der Waals surface area (Å²) in [6, 6.07) is 9.82. The molecule has 0 aliphatic heterocycles. The molecule has 0 fully saturated rings. The Morgan fingerprint density at radius 3 is 2.30 bits per heavy atom. The summed E-state index contributed by atoms with van der Waals surface area (Å²) in [5.74, 6) is -2.52. The van der Waals surface area contributed by atoms with Crippen molar-refractivity contribution >= 4 is 19.7 Å². The van der Waals surface area contributed by atoms with Crippen LogP contribution in [0.5, 0.6) is 0 Å². The van der Waals surface area contributed by atoms with Crippen LogP contribution in [0.1, 0.15) is 52.0 Å². The Hall–Kier alpha value is -1.78. The Bertz CT molecular complexity index is 612. The fraction of sp³-hybridized carbons (Fsp3) is 0.600. The first-order valence-electron chi connectivity index (χ1n) is 9.41. The molecule has 0 aliphatic rings. The molecule has 1 rings (SSSR count). The number of carboxylic acids is 1. The molecule has 1 N–H and O–H groups in total. The summed E-state index contributed by atoms with van der Waals surface area (Å²) in [6.07, 6.45) is 1.72. The van der Waals surface area contributed by atoms with E-state index in [2.05, 4.69) is 0 Å². The van der Waals surface area contributed by atoms with Crippen molar-refractivity contribution in [3.8, 4) is 0 Å². The molecule has 0 spiro atoms. The van der Waals surface area contributed by atoms with Crippen LogP contribution in [0.15, 0.2) is 30.3 Å². The third-order valence-corrected chi connectivity index (χ3v) is 5.80. The van der Waals surface area contributed by atoms with Gasteiger partial charge >= 0.3 is 19.7 Å². The minimum atomic E-state index is -1.94. The summed E-state index contributed by atoms with van der Waals surface area (Å²) in [5, 5.41) is 8.89. The molecule has 7 heteroatoms. The second-order valence-corrected chi connectivity index (χ2v) is 8.07. The molecule has 27 heavy (non-hydrogen) atoms. The molecule has 2 unspecified atom stereocenters. The first-order valence-corrected chi connectivity index (χ1v) is 11.0. The lowest BCUT2D eigenvalue weighted by atomic mass is 10.1. The van der Waals surface area contributed by atoms with Gasteiger partial charge in [-0.15, -0.1) is 0 Å². The Labute approximate surface area is 162 Å². The minimum Gasteiger partial charge on any atom is -0.478 e. The van der Waals surface area contributed by atoms with E-state index in [4.69, 9.17) is 14.6 Å². The zero-order valence-electron chi connectivity index (χ0n) is 16.3. The fourth-order valence-electron chi connectivity index (χ4n) is 2.77. The molecule has 0 aliphatic carbocycles. The van der Waals surface area contributed by atoms with E-state index >= 15 is 0 Å². The van der Waals surface area contributed by atoms with Gasteiger partial charge in [0.1, 0.15) is 6.10 Å². The molecule has 0 saturated heterocycles. The van der Waals surface area contributed by atoms with Gasteiger partial charge in [0, 0.05) is 19.3 Å². The lowest BCUT2D eigenvalue weighted by Crippen LogP contribution is -2.41. The lowest BCUT2D eigenvalue weighted by Gasteiger charge is -2.34. The van der Waals surface area contributed by atoms with E-state index in [0.29, 0.717) is 25.7 Å². The van der Waals surface area contributed by atoms with Crippen LogP contribution in [0.3, 0.4) is 0 Å². The maximum Gasteiger partial charge on any atom is 0.353 e. The van der Waals surface area contributed by atoms with Gasteiger partial charge in [0.2, 0.25) is 11.9 Å². The summed E-state index contributed by atoms with van der Waals surface area (Å²) >= 11 is 0. The predicted octanol–water partition coefficient (Wildman–Crippen LogP) is 4.39. The van der Waals surface area contributed by atoms with Gasteiger partial charge in [0.25, 0.3) is 0 Å². The molecule has 0 radical (unpaired) electrons. The Kier molecular flexibility index (Phi) is 10.2. The van der Waals surface area contributed by atoms with Crippen LogP contribution in [0, 0.1) is 0 Å². The molecule has 0 saturated carbocycles. The van der Waals surface area contributed by atoms with Gasteiger partial charge in [-0.2, -0.15) is 0 Å². The highest BCUT2D eigenvalue weighted by molar-refractivity contribution is 7.45. The lowest BCUT2D eigenvalue weighted by molar-refractivity contribution is -0.250. The highest BCUT2D eigenvalue weighted by Crippen LogP contribution is 2.31. The summed E-state index contributed by atoms with van der Waals surface area (Å²) in [6.45, 7) is 5.46. The van der Waals surface area contributed by atoms with Crippen LogP contribution in [0.25, 0.3) is 0 Å². The third kappa shape index (κ3) is 8.63. The molecule has 2 atom stereocenters. The van der Waals surface area contributed by atoms with Crippen molar-refractivity contribution in [1.82, 2.24) is 0 Å². The van der Waals surface area contributed by atoms with Crippen molar-refractivity contribution in [3.05, 3.63) is 35.9 Å². The van der Waals surface area contributed by atoms with E-state index in [0.717, 1.165) is 5.56 Å². The topological polar surface area (TPSA) is 89.9 Å². The molecule has 0 bridgehead atoms. The van der Waals surface area contributed by atoms with Crippen molar-refractivity contribution in [1.29, 1.82) is 0 Å². The number of hydrogen-bond acceptors (Lipinski definition) is 5. The summed E-state index contributed by atoms with van der Waals surface area (Å²) in [4.78, 5) is 22.7. The van der Waals surface area contributed by atoms with E-state index in [-0.39, 0.29) is 24.7 Å².